The predicted octanol–water partition coefficient (Wildman–Crippen LogP) is 3.36. The Morgan fingerprint density at radius 2 is 1.78 bits per heavy atom. The summed E-state index contributed by atoms with van der Waals surface area (Å²) in [4.78, 5) is 32.0. The van der Waals surface area contributed by atoms with Gasteiger partial charge in [-0.3, -0.25) is 14.0 Å². The molecule has 0 saturated heterocycles. The van der Waals surface area contributed by atoms with Crippen molar-refractivity contribution >= 4 is 46.4 Å². The van der Waals surface area contributed by atoms with Gasteiger partial charge >= 0.3 is 0 Å². The zero-order valence-corrected chi connectivity index (χ0v) is 21.1. The van der Waals surface area contributed by atoms with Crippen molar-refractivity contribution in [1.82, 2.24) is 15.0 Å². The van der Waals surface area contributed by atoms with Gasteiger partial charge in [0.25, 0.3) is 5.91 Å². The van der Waals surface area contributed by atoms with Gasteiger partial charge in [0.05, 0.1) is 17.5 Å². The summed E-state index contributed by atoms with van der Waals surface area (Å²) in [5.74, 6) is -0.348. The third kappa shape index (κ3) is 6.42. The summed E-state index contributed by atoms with van der Waals surface area (Å²) in [5.41, 5.74) is 3.97. The number of hydrogen-bond donors (Lipinski definition) is 1. The van der Waals surface area contributed by atoms with Crippen LogP contribution in [0.1, 0.15) is 40.7 Å². The molecule has 186 valence electrons. The predicted molar refractivity (Wildman–Crippen MR) is 139 cm³/mol. The Morgan fingerprint density at radius 1 is 1.11 bits per heavy atom. The van der Waals surface area contributed by atoms with Crippen LogP contribution >= 0.6 is 11.8 Å². The summed E-state index contributed by atoms with van der Waals surface area (Å²) < 4.78 is 22.0. The minimum atomic E-state index is -2.15. The van der Waals surface area contributed by atoms with Gasteiger partial charge in [0, 0.05) is 23.8 Å². The lowest BCUT2D eigenvalue weighted by Crippen LogP contribution is -2.39. The van der Waals surface area contributed by atoms with Crippen molar-refractivity contribution in [2.75, 3.05) is 5.32 Å². The van der Waals surface area contributed by atoms with E-state index >= 15 is 0 Å². The number of hydrazone groups is 1. The van der Waals surface area contributed by atoms with Crippen LogP contribution in [0.4, 0.5) is 5.69 Å². The second-order valence-corrected chi connectivity index (χ2v) is 10.2. The number of hydrogen-bond acceptors (Lipinski definition) is 9. The highest BCUT2D eigenvalue weighted by Gasteiger charge is 2.31. The summed E-state index contributed by atoms with van der Waals surface area (Å²) in [6.07, 6.45) is 4.71. The lowest BCUT2D eigenvalue weighted by Gasteiger charge is -2.34. The SMILES string of the molecule is CCC1SC(C=O)N(Cc2ccc(NC(=O)c3ncccn3)cc2)N=C1c1ccc(CS(=O)[O-])cc1. The molecule has 1 amide bonds. The zero-order chi connectivity index (χ0) is 25.5. The molecule has 0 fully saturated rings. The molecule has 9 nitrogen and oxygen atoms in total. The molecule has 3 aromatic rings. The average Bonchev–Trinajstić information content (AvgIpc) is 2.90. The maximum absolute atomic E-state index is 12.3. The summed E-state index contributed by atoms with van der Waals surface area (Å²) in [5, 5.41) is 8.96. The number of aromatic nitrogens is 2. The Morgan fingerprint density at radius 3 is 2.39 bits per heavy atom. The molecule has 0 saturated carbocycles. The lowest BCUT2D eigenvalue weighted by atomic mass is 10.0. The zero-order valence-electron chi connectivity index (χ0n) is 19.4. The van der Waals surface area contributed by atoms with Crippen molar-refractivity contribution in [3.8, 4) is 0 Å². The Hall–Kier alpha value is -3.41. The van der Waals surface area contributed by atoms with Crippen LogP contribution in [0, 0.1) is 0 Å². The first-order valence-electron chi connectivity index (χ1n) is 11.2. The Balaban J connectivity index is 1.50. The van der Waals surface area contributed by atoms with Crippen LogP contribution in [0.5, 0.6) is 0 Å². The monoisotopic (exact) mass is 522 g/mol. The summed E-state index contributed by atoms with van der Waals surface area (Å²) in [7, 11) is 0. The van der Waals surface area contributed by atoms with Gasteiger partial charge < -0.3 is 14.7 Å². The van der Waals surface area contributed by atoms with Crippen LogP contribution < -0.4 is 5.32 Å². The van der Waals surface area contributed by atoms with Crippen LogP contribution in [-0.4, -0.2) is 52.3 Å². The number of aldehydes is 1. The quantitative estimate of drug-likeness (QED) is 0.335. The number of anilines is 1. The number of thioether (sulfide) groups is 1. The van der Waals surface area contributed by atoms with E-state index in [1.54, 1.807) is 47.1 Å². The van der Waals surface area contributed by atoms with Crippen molar-refractivity contribution in [3.63, 3.8) is 0 Å². The fraction of sp³-hybridized carbons (Fsp3) is 0.240. The van der Waals surface area contributed by atoms with Gasteiger partial charge in [-0.05, 0) is 41.3 Å². The number of carbonyl (C=O) groups is 2. The number of nitrogens with zero attached hydrogens (tertiary/aromatic N) is 4. The fourth-order valence-corrected chi connectivity index (χ4v) is 5.35. The Kier molecular flexibility index (Phi) is 8.57. The molecule has 2 heterocycles. The third-order valence-electron chi connectivity index (χ3n) is 5.49. The van der Waals surface area contributed by atoms with Crippen LogP contribution in [-0.2, 0) is 28.2 Å². The number of amides is 1. The van der Waals surface area contributed by atoms with E-state index in [0.717, 1.165) is 29.5 Å². The third-order valence-corrected chi connectivity index (χ3v) is 7.57. The number of rotatable bonds is 9. The fourth-order valence-electron chi connectivity index (χ4n) is 3.72. The molecule has 2 aromatic carbocycles. The number of carbonyl (C=O) groups excluding carboxylic acids is 2. The van der Waals surface area contributed by atoms with Gasteiger partial charge in [0.2, 0.25) is 5.82 Å². The van der Waals surface area contributed by atoms with Crippen molar-refractivity contribution in [1.29, 1.82) is 0 Å². The van der Waals surface area contributed by atoms with Gasteiger partial charge in [-0.2, -0.15) is 5.10 Å². The van der Waals surface area contributed by atoms with E-state index in [1.165, 1.54) is 12.4 Å². The molecule has 1 aliphatic heterocycles. The second kappa shape index (κ2) is 12.0. The van der Waals surface area contributed by atoms with Crippen molar-refractivity contribution in [2.45, 2.75) is 36.3 Å². The van der Waals surface area contributed by atoms with Gasteiger partial charge in [-0.1, -0.05) is 54.4 Å². The van der Waals surface area contributed by atoms with E-state index in [2.05, 4.69) is 15.3 Å². The van der Waals surface area contributed by atoms with E-state index in [1.807, 2.05) is 31.2 Å². The molecule has 0 spiro atoms. The van der Waals surface area contributed by atoms with Crippen LogP contribution in [0.3, 0.4) is 0 Å². The summed E-state index contributed by atoms with van der Waals surface area (Å²) in [6, 6.07) is 16.3. The highest BCUT2D eigenvalue weighted by molar-refractivity contribution is 8.01. The minimum absolute atomic E-state index is 0.0348. The van der Waals surface area contributed by atoms with Crippen molar-refractivity contribution in [2.24, 2.45) is 5.10 Å². The molecule has 3 unspecified atom stereocenters. The standard InChI is InChI=1S/C25H25N5O4S2/c1-2-21-23(19-8-4-18(5-9-19)16-36(33)34)29-30(22(15-31)35-21)14-17-6-10-20(11-7-17)28-25(32)24-26-12-3-13-27-24/h3-13,15,21-22H,2,14,16H2,1H3,(H,28,32)(H,33,34)/p-1. The van der Waals surface area contributed by atoms with E-state index in [-0.39, 0.29) is 16.8 Å². The molecule has 36 heavy (non-hydrogen) atoms. The molecular formula is C25H24N5O4S2-. The topological polar surface area (TPSA) is 128 Å². The van der Waals surface area contributed by atoms with E-state index in [9.17, 15) is 18.4 Å². The van der Waals surface area contributed by atoms with E-state index in [4.69, 9.17) is 5.10 Å². The smallest absolute Gasteiger partial charge is 0.293 e. The normalized spacial score (nSPS) is 18.3. The van der Waals surface area contributed by atoms with E-state index in [0.29, 0.717) is 17.8 Å². The van der Waals surface area contributed by atoms with Gasteiger partial charge in [0.1, 0.15) is 5.37 Å². The highest BCUT2D eigenvalue weighted by atomic mass is 32.2. The minimum Gasteiger partial charge on any atom is -0.772 e. The molecule has 1 aliphatic rings. The highest BCUT2D eigenvalue weighted by Crippen LogP contribution is 2.32. The molecule has 1 aromatic heterocycles. The first-order valence-corrected chi connectivity index (χ1v) is 13.4. The Bertz CT molecular complexity index is 1250. The second-order valence-electron chi connectivity index (χ2n) is 8.01. The van der Waals surface area contributed by atoms with Crippen LogP contribution in [0.2, 0.25) is 0 Å². The molecule has 4 rings (SSSR count). The first-order chi connectivity index (χ1) is 17.5. The van der Waals surface area contributed by atoms with Crippen molar-refractivity contribution in [3.05, 3.63) is 89.5 Å². The van der Waals surface area contributed by atoms with Crippen LogP contribution in [0.15, 0.2) is 72.1 Å². The molecule has 0 bridgehead atoms. The number of nitrogens with one attached hydrogen (secondary N) is 1. The molecule has 0 aliphatic carbocycles. The summed E-state index contributed by atoms with van der Waals surface area (Å²) >= 11 is -0.603. The summed E-state index contributed by atoms with van der Waals surface area (Å²) in [6.45, 7) is 2.45. The molecule has 1 N–H and O–H groups in total. The average molecular weight is 523 g/mol. The van der Waals surface area contributed by atoms with Gasteiger partial charge in [-0.15, -0.1) is 11.8 Å². The lowest BCUT2D eigenvalue weighted by molar-refractivity contribution is -0.110. The number of benzene rings is 2. The molecule has 0 radical (unpaired) electrons. The van der Waals surface area contributed by atoms with Crippen molar-refractivity contribution < 1.29 is 18.4 Å². The first kappa shape index (κ1) is 25.7. The van der Waals surface area contributed by atoms with Crippen LogP contribution in [0.25, 0.3) is 0 Å². The maximum Gasteiger partial charge on any atom is 0.293 e. The van der Waals surface area contributed by atoms with E-state index < -0.39 is 22.4 Å². The largest absolute Gasteiger partial charge is 0.772 e. The molecule has 11 heteroatoms. The van der Waals surface area contributed by atoms with Gasteiger partial charge in [-0.25, -0.2) is 9.97 Å². The maximum atomic E-state index is 12.3. The van der Waals surface area contributed by atoms with Gasteiger partial charge in [0.15, 0.2) is 6.29 Å². The molecular weight excluding hydrogens is 498 g/mol. The molecule has 3 atom stereocenters. The Labute approximate surface area is 215 Å².